The van der Waals surface area contributed by atoms with Crippen molar-refractivity contribution in [1.29, 1.82) is 0 Å². The molecule has 0 amide bonds. The summed E-state index contributed by atoms with van der Waals surface area (Å²) in [6.45, 7) is 0. The number of fused-ring (bicyclic) bond motifs is 2. The van der Waals surface area contributed by atoms with Crippen molar-refractivity contribution in [3.63, 3.8) is 0 Å². The number of aromatic nitrogens is 2. The number of nitrogens with zero attached hydrogens (tertiary/aromatic N) is 2. The number of allylic oxidation sites excluding steroid dienone is 1. The molecule has 29 heavy (non-hydrogen) atoms. The fraction of sp³-hybridized carbons (Fsp3) is 0. The summed E-state index contributed by atoms with van der Waals surface area (Å²) in [5.41, 5.74) is 2.87. The fourth-order valence-electron chi connectivity index (χ4n) is 3.60. The molecule has 6 heteroatoms. The molecule has 0 saturated carbocycles. The third kappa shape index (κ3) is 2.81. The van der Waals surface area contributed by atoms with Crippen molar-refractivity contribution in [3.05, 3.63) is 93.0 Å². The van der Waals surface area contributed by atoms with E-state index in [1.165, 1.54) is 4.57 Å². The average molecular weight is 397 g/mol. The second-order valence-corrected chi connectivity index (χ2v) is 7.09. The molecule has 140 valence electrons. The number of hydrogen-bond acceptors (Lipinski definition) is 4. The van der Waals surface area contributed by atoms with Crippen LogP contribution in [-0.2, 0) is 0 Å². The largest absolute Gasteiger partial charge is 0.494 e. The first-order valence-corrected chi connectivity index (χ1v) is 9.46. The molecule has 0 saturated heterocycles. The van der Waals surface area contributed by atoms with Crippen LogP contribution in [-0.4, -0.2) is 20.9 Å². The molecule has 5 rings (SSSR count). The predicted octanol–water partition coefficient (Wildman–Crippen LogP) is 5.01. The average Bonchev–Trinajstić information content (AvgIpc) is 3.14. The molecule has 1 aromatic heterocycles. The van der Waals surface area contributed by atoms with Crippen molar-refractivity contribution in [1.82, 2.24) is 9.55 Å². The van der Waals surface area contributed by atoms with E-state index in [1.807, 2.05) is 66.7 Å². The molecule has 3 aromatic carbocycles. The maximum atomic E-state index is 12.6. The summed E-state index contributed by atoms with van der Waals surface area (Å²) in [4.78, 5) is 19.7. The van der Waals surface area contributed by atoms with E-state index in [0.29, 0.717) is 5.69 Å². The van der Waals surface area contributed by atoms with Gasteiger partial charge in [-0.1, -0.05) is 54.6 Å². The van der Waals surface area contributed by atoms with Crippen LogP contribution in [0.1, 0.15) is 11.1 Å². The van der Waals surface area contributed by atoms with E-state index in [0.717, 1.165) is 27.6 Å². The van der Waals surface area contributed by atoms with Crippen molar-refractivity contribution in [2.75, 3.05) is 0 Å². The lowest BCUT2D eigenvalue weighted by Gasteiger charge is -2.14. The first-order valence-electron chi connectivity index (χ1n) is 9.05. The van der Waals surface area contributed by atoms with E-state index in [-0.39, 0.29) is 16.2 Å². The van der Waals surface area contributed by atoms with Gasteiger partial charge in [0.2, 0.25) is 5.88 Å². The van der Waals surface area contributed by atoms with Crippen molar-refractivity contribution in [2.24, 2.45) is 4.99 Å². The number of benzene rings is 3. The summed E-state index contributed by atoms with van der Waals surface area (Å²) in [5, 5.41) is 13.0. The van der Waals surface area contributed by atoms with Crippen molar-refractivity contribution in [2.45, 2.75) is 0 Å². The zero-order chi connectivity index (χ0) is 20.0. The first-order chi connectivity index (χ1) is 14.1. The standard InChI is InChI=1S/C23H15N3O2S/c27-21-18(12-15-13-24-19-10-4-3-8-16(15)19)22(28)26(23(29)25-21)20-11-5-7-14-6-1-2-9-17(14)20/h1-13,28H,(H,25,27,29). The molecule has 1 aliphatic heterocycles. The molecule has 0 spiro atoms. The number of nitrogens with one attached hydrogen (secondary N) is 1. The van der Waals surface area contributed by atoms with Crippen LogP contribution in [0.2, 0.25) is 0 Å². The Balaban J connectivity index is 1.77. The van der Waals surface area contributed by atoms with Crippen molar-refractivity contribution >= 4 is 46.5 Å². The Kier molecular flexibility index (Phi) is 4.00. The van der Waals surface area contributed by atoms with E-state index in [1.54, 1.807) is 12.3 Å². The Bertz CT molecular complexity index is 1460. The molecular formula is C23H15N3O2S. The lowest BCUT2D eigenvalue weighted by molar-refractivity contribution is 0.432. The molecule has 0 radical (unpaired) electrons. The monoisotopic (exact) mass is 397 g/mol. The van der Waals surface area contributed by atoms with Gasteiger partial charge < -0.3 is 5.11 Å². The number of aliphatic imine (C=N–C) groups is 1. The van der Waals surface area contributed by atoms with E-state index in [2.05, 4.69) is 9.98 Å². The summed E-state index contributed by atoms with van der Waals surface area (Å²) in [7, 11) is 0. The molecule has 0 unspecified atom stereocenters. The van der Waals surface area contributed by atoms with Gasteiger partial charge in [0.25, 0.3) is 5.56 Å². The minimum Gasteiger partial charge on any atom is -0.494 e. The van der Waals surface area contributed by atoms with Crippen LogP contribution >= 0.6 is 12.2 Å². The molecule has 1 aliphatic rings. The predicted molar refractivity (Wildman–Crippen MR) is 119 cm³/mol. The van der Waals surface area contributed by atoms with E-state index in [4.69, 9.17) is 12.2 Å². The Labute approximate surface area is 170 Å². The highest BCUT2D eigenvalue weighted by molar-refractivity contribution is 7.71. The third-order valence-corrected chi connectivity index (χ3v) is 5.27. The summed E-state index contributed by atoms with van der Waals surface area (Å²) in [6.07, 6.45) is 3.33. The minimum absolute atomic E-state index is 0.129. The summed E-state index contributed by atoms with van der Waals surface area (Å²) < 4.78 is 1.62. The Hall–Kier alpha value is -3.77. The normalized spacial score (nSPS) is 13.9. The number of hydrogen-bond donors (Lipinski definition) is 2. The highest BCUT2D eigenvalue weighted by Gasteiger charge is 2.17. The molecule has 0 bridgehead atoms. The highest BCUT2D eigenvalue weighted by atomic mass is 32.1. The summed E-state index contributed by atoms with van der Waals surface area (Å²) >= 11 is 5.38. The number of aromatic hydroxyl groups is 1. The molecule has 0 aliphatic carbocycles. The SMILES string of the molecule is O=c1[nH]c(=S)n(-c2cccc3ccccc23)c(O)c1C=C1C=Nc2ccccc21. The van der Waals surface area contributed by atoms with Gasteiger partial charge in [-0.05, 0) is 35.8 Å². The third-order valence-electron chi connectivity index (χ3n) is 4.99. The van der Waals surface area contributed by atoms with Crippen LogP contribution in [0.15, 0.2) is 76.5 Å². The lowest BCUT2D eigenvalue weighted by Crippen LogP contribution is -2.16. The van der Waals surface area contributed by atoms with Crippen LogP contribution in [0.3, 0.4) is 0 Å². The van der Waals surface area contributed by atoms with Crippen molar-refractivity contribution < 1.29 is 5.11 Å². The van der Waals surface area contributed by atoms with E-state index >= 15 is 0 Å². The van der Waals surface area contributed by atoms with Gasteiger partial charge >= 0.3 is 0 Å². The second-order valence-electron chi connectivity index (χ2n) is 6.71. The zero-order valence-electron chi connectivity index (χ0n) is 15.2. The lowest BCUT2D eigenvalue weighted by atomic mass is 10.0. The molecule has 0 fully saturated rings. The number of aromatic amines is 1. The highest BCUT2D eigenvalue weighted by Crippen LogP contribution is 2.33. The quantitative estimate of drug-likeness (QED) is 0.467. The number of para-hydroxylation sites is 1. The maximum absolute atomic E-state index is 12.6. The second kappa shape index (κ2) is 6.68. The summed E-state index contributed by atoms with van der Waals surface area (Å²) in [5.74, 6) is -0.208. The van der Waals surface area contributed by atoms with Crippen LogP contribution < -0.4 is 5.56 Å². The van der Waals surface area contributed by atoms with Crippen LogP contribution in [0.25, 0.3) is 28.1 Å². The Morgan fingerprint density at radius 1 is 1.00 bits per heavy atom. The summed E-state index contributed by atoms with van der Waals surface area (Å²) in [6, 6.07) is 21.2. The maximum Gasteiger partial charge on any atom is 0.262 e. The molecule has 4 aromatic rings. The van der Waals surface area contributed by atoms with E-state index < -0.39 is 5.56 Å². The van der Waals surface area contributed by atoms with Gasteiger partial charge in [-0.2, -0.15) is 0 Å². The van der Waals surface area contributed by atoms with E-state index in [9.17, 15) is 9.90 Å². The number of rotatable bonds is 2. The Morgan fingerprint density at radius 3 is 2.66 bits per heavy atom. The first kappa shape index (κ1) is 17.3. The molecule has 2 heterocycles. The molecular weight excluding hydrogens is 382 g/mol. The van der Waals surface area contributed by atoms with Gasteiger partial charge in [0.05, 0.1) is 11.4 Å². The van der Waals surface area contributed by atoms with Gasteiger partial charge in [0.15, 0.2) is 4.77 Å². The van der Waals surface area contributed by atoms with Gasteiger partial charge in [0, 0.05) is 22.7 Å². The van der Waals surface area contributed by atoms with Gasteiger partial charge in [0.1, 0.15) is 5.56 Å². The van der Waals surface area contributed by atoms with Crippen molar-refractivity contribution in [3.8, 4) is 11.6 Å². The minimum atomic E-state index is -0.450. The molecule has 5 nitrogen and oxygen atoms in total. The molecule has 0 atom stereocenters. The van der Waals surface area contributed by atoms with Crippen LogP contribution in [0.5, 0.6) is 5.88 Å². The van der Waals surface area contributed by atoms with Crippen LogP contribution in [0, 0.1) is 4.77 Å². The van der Waals surface area contributed by atoms with Gasteiger partial charge in [-0.25, -0.2) is 0 Å². The van der Waals surface area contributed by atoms with Gasteiger partial charge in [-0.3, -0.25) is 19.3 Å². The van der Waals surface area contributed by atoms with Gasteiger partial charge in [-0.15, -0.1) is 0 Å². The molecule has 2 N–H and O–H groups in total. The number of H-pyrrole nitrogens is 1. The topological polar surface area (TPSA) is 70.4 Å². The smallest absolute Gasteiger partial charge is 0.262 e. The Morgan fingerprint density at radius 2 is 1.76 bits per heavy atom. The van der Waals surface area contributed by atoms with Crippen LogP contribution in [0.4, 0.5) is 5.69 Å². The fourth-order valence-corrected chi connectivity index (χ4v) is 3.88. The zero-order valence-corrected chi connectivity index (χ0v) is 16.0.